The van der Waals surface area contributed by atoms with Crippen molar-refractivity contribution >= 4 is 17.2 Å². The molecule has 6 heteroatoms. The van der Waals surface area contributed by atoms with Crippen LogP contribution in [-0.2, 0) is 20.8 Å². The number of rotatable bonds is 11. The molecule has 0 aromatic heterocycles. The lowest BCUT2D eigenvalue weighted by molar-refractivity contribution is 0.0336. The topological polar surface area (TPSA) is 62.9 Å². The first-order valence-electron chi connectivity index (χ1n) is 6.80. The summed E-state index contributed by atoms with van der Waals surface area (Å²) < 4.78 is 21.2. The molecule has 1 rings (SSSR count). The Kier molecular flexibility index (Phi) is 8.93. The second-order valence-corrected chi connectivity index (χ2v) is 4.85. The van der Waals surface area contributed by atoms with Crippen molar-refractivity contribution in [1.29, 1.82) is 0 Å². The number of benzene rings is 1. The second-order valence-electron chi connectivity index (χ2n) is 4.41. The number of nitrogens with two attached hydrogens (primary N) is 1. The smallest absolute Gasteiger partial charge is 0.129 e. The minimum Gasteiger partial charge on any atom is -0.496 e. The largest absolute Gasteiger partial charge is 0.496 e. The fourth-order valence-electron chi connectivity index (χ4n) is 1.74. The zero-order chi connectivity index (χ0) is 15.5. The van der Waals surface area contributed by atoms with Crippen LogP contribution in [0, 0.1) is 0 Å². The van der Waals surface area contributed by atoms with E-state index in [2.05, 4.69) is 0 Å². The monoisotopic (exact) mass is 313 g/mol. The second kappa shape index (κ2) is 10.5. The highest BCUT2D eigenvalue weighted by molar-refractivity contribution is 7.80. The molecule has 0 aliphatic heterocycles. The van der Waals surface area contributed by atoms with Gasteiger partial charge in [-0.15, -0.1) is 0 Å². The van der Waals surface area contributed by atoms with Crippen molar-refractivity contribution in [2.24, 2.45) is 5.73 Å². The van der Waals surface area contributed by atoms with Gasteiger partial charge in [-0.25, -0.2) is 0 Å². The Hall–Kier alpha value is -1.21. The normalized spacial score (nSPS) is 10.6. The molecule has 0 aliphatic carbocycles. The fraction of sp³-hybridized carbons (Fsp3) is 0.533. The van der Waals surface area contributed by atoms with Gasteiger partial charge in [-0.05, 0) is 24.1 Å². The highest BCUT2D eigenvalue weighted by Gasteiger charge is 2.06. The van der Waals surface area contributed by atoms with Gasteiger partial charge in [0.2, 0.25) is 0 Å². The maximum atomic E-state index is 5.62. The van der Waals surface area contributed by atoms with Gasteiger partial charge in [-0.1, -0.05) is 18.3 Å². The first-order valence-corrected chi connectivity index (χ1v) is 7.21. The van der Waals surface area contributed by atoms with Crippen molar-refractivity contribution < 1.29 is 18.9 Å². The van der Waals surface area contributed by atoms with E-state index >= 15 is 0 Å². The Bertz CT molecular complexity index is 440. The molecule has 0 bridgehead atoms. The molecule has 0 radical (unpaired) electrons. The van der Waals surface area contributed by atoms with Crippen LogP contribution in [0.4, 0.5) is 0 Å². The molecule has 0 amide bonds. The predicted octanol–water partition coefficient (Wildman–Crippen LogP) is 1.90. The van der Waals surface area contributed by atoms with Gasteiger partial charge in [0.25, 0.3) is 0 Å². The minimum atomic E-state index is 0.323. The van der Waals surface area contributed by atoms with Crippen LogP contribution in [0.1, 0.15) is 17.5 Å². The van der Waals surface area contributed by atoms with Gasteiger partial charge >= 0.3 is 0 Å². The molecule has 118 valence electrons. The third-order valence-corrected chi connectivity index (χ3v) is 3.03. The Balaban J connectivity index is 2.28. The van der Waals surface area contributed by atoms with E-state index in [1.54, 1.807) is 14.2 Å². The Morgan fingerprint density at radius 1 is 1.10 bits per heavy atom. The van der Waals surface area contributed by atoms with E-state index in [4.69, 9.17) is 36.9 Å². The van der Waals surface area contributed by atoms with Crippen LogP contribution in [0.2, 0.25) is 0 Å². The number of ether oxygens (including phenoxy) is 4. The van der Waals surface area contributed by atoms with Gasteiger partial charge in [0.15, 0.2) is 0 Å². The molecule has 21 heavy (non-hydrogen) atoms. The highest BCUT2D eigenvalue weighted by Crippen LogP contribution is 2.20. The van der Waals surface area contributed by atoms with Crippen molar-refractivity contribution in [2.75, 3.05) is 40.6 Å². The molecule has 0 saturated heterocycles. The molecule has 0 atom stereocenters. The van der Waals surface area contributed by atoms with Crippen LogP contribution in [0.5, 0.6) is 5.75 Å². The van der Waals surface area contributed by atoms with Gasteiger partial charge in [0.05, 0.1) is 32.5 Å². The summed E-state index contributed by atoms with van der Waals surface area (Å²) >= 11 is 4.97. The summed E-state index contributed by atoms with van der Waals surface area (Å²) in [6, 6.07) is 5.66. The zero-order valence-electron chi connectivity index (χ0n) is 12.6. The lowest BCUT2D eigenvalue weighted by Crippen LogP contribution is -2.11. The molecule has 5 nitrogen and oxygen atoms in total. The quantitative estimate of drug-likeness (QED) is 0.497. The molecule has 1 aromatic rings. The van der Waals surface area contributed by atoms with E-state index in [0.29, 0.717) is 37.2 Å². The lowest BCUT2D eigenvalue weighted by Gasteiger charge is -2.10. The van der Waals surface area contributed by atoms with Crippen LogP contribution in [-0.4, -0.2) is 45.6 Å². The Morgan fingerprint density at radius 3 is 2.52 bits per heavy atom. The van der Waals surface area contributed by atoms with Crippen molar-refractivity contribution in [3.05, 3.63) is 29.3 Å². The number of hydrogen-bond acceptors (Lipinski definition) is 5. The number of hydrogen-bond donors (Lipinski definition) is 1. The highest BCUT2D eigenvalue weighted by atomic mass is 32.1. The summed E-state index contributed by atoms with van der Waals surface area (Å²) in [6.45, 7) is 3.03. The molecular weight excluding hydrogens is 290 g/mol. The minimum absolute atomic E-state index is 0.323. The molecular formula is C15H23NO4S. The zero-order valence-corrected chi connectivity index (χ0v) is 13.4. The van der Waals surface area contributed by atoms with E-state index in [-0.39, 0.29) is 0 Å². The van der Waals surface area contributed by atoms with Crippen molar-refractivity contribution in [3.63, 3.8) is 0 Å². The van der Waals surface area contributed by atoms with Crippen LogP contribution >= 0.6 is 12.2 Å². The van der Waals surface area contributed by atoms with Crippen molar-refractivity contribution in [1.82, 2.24) is 0 Å². The molecule has 0 heterocycles. The van der Waals surface area contributed by atoms with Gasteiger partial charge in [0.1, 0.15) is 10.7 Å². The number of methoxy groups -OCH3 is 2. The Labute approximate surface area is 131 Å². The van der Waals surface area contributed by atoms with Crippen LogP contribution in [0.25, 0.3) is 0 Å². The third-order valence-electron chi connectivity index (χ3n) is 2.81. The molecule has 0 fully saturated rings. The first kappa shape index (κ1) is 17.8. The summed E-state index contributed by atoms with van der Waals surface area (Å²) in [5.74, 6) is 0.666. The third kappa shape index (κ3) is 6.86. The summed E-state index contributed by atoms with van der Waals surface area (Å²) in [6.07, 6.45) is 0.897. The average molecular weight is 313 g/mol. The standard InChI is InChI=1S/C15H23NO4S/c1-17-6-3-7-19-8-9-20-11-12-4-5-13(15(16)21)14(10-12)18-2/h4-5,10H,3,6-9,11H2,1-2H3,(H2,16,21). The molecule has 1 aromatic carbocycles. The summed E-state index contributed by atoms with van der Waals surface area (Å²) in [5.41, 5.74) is 7.36. The van der Waals surface area contributed by atoms with E-state index < -0.39 is 0 Å². The van der Waals surface area contributed by atoms with E-state index in [1.165, 1.54) is 0 Å². The molecule has 0 saturated carbocycles. The maximum absolute atomic E-state index is 5.62. The summed E-state index contributed by atoms with van der Waals surface area (Å²) in [5, 5.41) is 0. The summed E-state index contributed by atoms with van der Waals surface area (Å²) in [7, 11) is 3.27. The van der Waals surface area contributed by atoms with Crippen molar-refractivity contribution in [3.8, 4) is 5.75 Å². The van der Waals surface area contributed by atoms with Crippen LogP contribution < -0.4 is 10.5 Å². The predicted molar refractivity (Wildman–Crippen MR) is 85.8 cm³/mol. The SMILES string of the molecule is COCCCOCCOCc1ccc(C(N)=S)c(OC)c1. The van der Waals surface area contributed by atoms with Gasteiger partial charge in [-0.2, -0.15) is 0 Å². The maximum Gasteiger partial charge on any atom is 0.129 e. The summed E-state index contributed by atoms with van der Waals surface area (Å²) in [4.78, 5) is 0.323. The molecule has 0 aliphatic rings. The van der Waals surface area contributed by atoms with Crippen LogP contribution in [0.3, 0.4) is 0 Å². The van der Waals surface area contributed by atoms with E-state index in [1.807, 2.05) is 18.2 Å². The molecule has 0 unspecified atom stereocenters. The lowest BCUT2D eigenvalue weighted by atomic mass is 10.1. The average Bonchev–Trinajstić information content (AvgIpc) is 2.49. The van der Waals surface area contributed by atoms with E-state index in [9.17, 15) is 0 Å². The van der Waals surface area contributed by atoms with Gasteiger partial charge in [0, 0.05) is 20.3 Å². The van der Waals surface area contributed by atoms with Gasteiger partial charge in [-0.3, -0.25) is 0 Å². The first-order chi connectivity index (χ1) is 10.2. The number of thiocarbonyl (C=S) groups is 1. The van der Waals surface area contributed by atoms with Crippen LogP contribution in [0.15, 0.2) is 18.2 Å². The van der Waals surface area contributed by atoms with Crippen molar-refractivity contribution in [2.45, 2.75) is 13.0 Å². The fourth-order valence-corrected chi connectivity index (χ4v) is 1.91. The molecule has 0 spiro atoms. The molecule has 2 N–H and O–H groups in total. The Morgan fingerprint density at radius 2 is 1.86 bits per heavy atom. The van der Waals surface area contributed by atoms with E-state index in [0.717, 1.165) is 24.2 Å². The van der Waals surface area contributed by atoms with Gasteiger partial charge < -0.3 is 24.7 Å².